The zero-order valence-electron chi connectivity index (χ0n) is 22.9. The van der Waals surface area contributed by atoms with Gasteiger partial charge >= 0.3 is 0 Å². The van der Waals surface area contributed by atoms with Crippen LogP contribution in [0, 0.1) is 26.7 Å². The fourth-order valence-electron chi connectivity index (χ4n) is 4.13. The minimum atomic E-state index is -4.47. The van der Waals surface area contributed by atoms with Crippen molar-refractivity contribution >= 4 is 15.9 Å². The van der Waals surface area contributed by atoms with Gasteiger partial charge in [0.1, 0.15) is 17.1 Å². The number of nitrogens with zero attached hydrogens (tertiary/aromatic N) is 1. The van der Waals surface area contributed by atoms with Gasteiger partial charge in [-0.15, -0.1) is 0 Å². The molecule has 212 valence electrons. The summed E-state index contributed by atoms with van der Waals surface area (Å²) >= 11 is 0. The smallest absolute Gasteiger partial charge is 0.270 e. The molecule has 2 heterocycles. The van der Waals surface area contributed by atoms with E-state index < -0.39 is 26.4 Å². The summed E-state index contributed by atoms with van der Waals surface area (Å²) in [6.45, 7) is 10.4. The molecule has 2 aromatic carbocycles. The van der Waals surface area contributed by atoms with Crippen LogP contribution in [0.3, 0.4) is 0 Å². The average Bonchev–Trinajstić information content (AvgIpc) is 2.89. The first kappa shape index (κ1) is 28.6. The van der Waals surface area contributed by atoms with Gasteiger partial charge in [-0.05, 0) is 74.2 Å². The van der Waals surface area contributed by atoms with Crippen LogP contribution in [0.2, 0.25) is 0 Å². The van der Waals surface area contributed by atoms with Crippen molar-refractivity contribution in [3.05, 3.63) is 99.5 Å². The second-order valence-corrected chi connectivity index (χ2v) is 11.6. The molecule has 9 nitrogen and oxygen atoms in total. The maximum atomic E-state index is 13.3. The van der Waals surface area contributed by atoms with Crippen molar-refractivity contribution in [1.82, 2.24) is 14.7 Å². The lowest BCUT2D eigenvalue weighted by Crippen LogP contribution is -2.34. The summed E-state index contributed by atoms with van der Waals surface area (Å²) in [7, 11) is -4.47. The monoisotopic (exact) mass is 565 g/mol. The summed E-state index contributed by atoms with van der Waals surface area (Å²) < 4.78 is 39.7. The molecule has 0 aliphatic carbocycles. The van der Waals surface area contributed by atoms with Crippen molar-refractivity contribution in [2.75, 3.05) is 6.61 Å². The molecular weight excluding hydrogens is 530 g/mol. The standard InChI is InChI=1S/C30H31N3O6S.2H2/c1-18(2)17-38-23-9-6-8-22(16-23)25-12-11-24(28(34)33-40(36,37)26-10-7-13-31-29(26)35)30(32-25)39-27-20(4)14-19(3)15-21(27)5;;/h6-16,18H,17H2,1-5H3,(H,31,35)(H,33,34);2*1H. The van der Waals surface area contributed by atoms with Crippen molar-refractivity contribution in [3.8, 4) is 28.6 Å². The second-order valence-electron chi connectivity index (χ2n) is 9.91. The molecule has 0 saturated carbocycles. The highest BCUT2D eigenvalue weighted by Crippen LogP contribution is 2.33. The molecule has 0 atom stereocenters. The molecule has 0 aliphatic rings. The molecule has 1 amide bonds. The fraction of sp³-hybridized carbons (Fsp3) is 0.233. The lowest BCUT2D eigenvalue weighted by atomic mass is 10.1. The molecule has 4 aromatic rings. The number of hydrogen-bond donors (Lipinski definition) is 2. The predicted molar refractivity (Wildman–Crippen MR) is 157 cm³/mol. The van der Waals surface area contributed by atoms with E-state index in [0.29, 0.717) is 29.7 Å². The van der Waals surface area contributed by atoms with E-state index in [4.69, 9.17) is 9.47 Å². The zero-order valence-corrected chi connectivity index (χ0v) is 23.8. The molecule has 2 N–H and O–H groups in total. The number of carbonyl (C=O) groups excluding carboxylic acids is 1. The number of carbonyl (C=O) groups is 1. The van der Waals surface area contributed by atoms with Crippen molar-refractivity contribution in [2.45, 2.75) is 39.5 Å². The second kappa shape index (κ2) is 11.7. The Labute approximate surface area is 236 Å². The Hall–Kier alpha value is -4.44. The minimum absolute atomic E-state index is 0. The Morgan fingerprint density at radius 2 is 1.75 bits per heavy atom. The van der Waals surface area contributed by atoms with Gasteiger partial charge in [-0.3, -0.25) is 9.59 Å². The van der Waals surface area contributed by atoms with E-state index in [9.17, 15) is 18.0 Å². The van der Waals surface area contributed by atoms with E-state index in [1.165, 1.54) is 18.3 Å². The van der Waals surface area contributed by atoms with Crippen LogP contribution < -0.4 is 19.8 Å². The van der Waals surface area contributed by atoms with Crippen LogP contribution in [0.15, 0.2) is 76.6 Å². The van der Waals surface area contributed by atoms with Crippen molar-refractivity contribution in [2.24, 2.45) is 5.92 Å². The van der Waals surface area contributed by atoms with Gasteiger partial charge < -0.3 is 14.5 Å². The molecular formula is C30H35N3O6S. The molecule has 10 heteroatoms. The number of ether oxygens (including phenoxy) is 2. The van der Waals surface area contributed by atoms with Gasteiger partial charge in [0.2, 0.25) is 5.88 Å². The number of amides is 1. The molecule has 4 rings (SSSR count). The summed E-state index contributed by atoms with van der Waals surface area (Å²) in [5.74, 6) is 0.440. The SMILES string of the molecule is Cc1cc(C)c(Oc2nc(-c3cccc(OCC(C)C)c3)ccc2C(=O)NS(=O)(=O)c2ccc[nH]c2=O)c(C)c1.[HH].[HH]. The molecule has 0 saturated heterocycles. The first-order valence-corrected chi connectivity index (χ1v) is 14.2. The van der Waals surface area contributed by atoms with Crippen LogP contribution >= 0.6 is 0 Å². The molecule has 0 unspecified atom stereocenters. The van der Waals surface area contributed by atoms with Gasteiger partial charge in [0.05, 0.1) is 12.3 Å². The highest BCUT2D eigenvalue weighted by atomic mass is 32.2. The van der Waals surface area contributed by atoms with E-state index in [2.05, 4.69) is 23.8 Å². The number of aryl methyl sites for hydroxylation is 3. The lowest BCUT2D eigenvalue weighted by molar-refractivity contribution is 0.0978. The molecule has 0 aliphatic heterocycles. The topological polar surface area (TPSA) is 127 Å². The Morgan fingerprint density at radius 1 is 1.02 bits per heavy atom. The Kier molecular flexibility index (Phi) is 8.39. The van der Waals surface area contributed by atoms with Crippen molar-refractivity contribution < 1.29 is 25.5 Å². The summed E-state index contributed by atoms with van der Waals surface area (Å²) in [4.78, 5) is 31.7. The quantitative estimate of drug-likeness (QED) is 0.263. The van der Waals surface area contributed by atoms with Crippen molar-refractivity contribution in [1.29, 1.82) is 0 Å². The lowest BCUT2D eigenvalue weighted by Gasteiger charge is -2.16. The fourth-order valence-corrected chi connectivity index (χ4v) is 5.16. The van der Waals surface area contributed by atoms with Gasteiger partial charge in [0.15, 0.2) is 4.90 Å². The molecule has 40 heavy (non-hydrogen) atoms. The van der Waals surface area contributed by atoms with E-state index in [-0.39, 0.29) is 14.3 Å². The van der Waals surface area contributed by atoms with E-state index >= 15 is 0 Å². The van der Waals surface area contributed by atoms with Crippen molar-refractivity contribution in [3.63, 3.8) is 0 Å². The number of H-pyrrole nitrogens is 1. The van der Waals surface area contributed by atoms with Crippen LogP contribution in [0.4, 0.5) is 0 Å². The Morgan fingerprint density at radius 3 is 2.42 bits per heavy atom. The molecule has 0 radical (unpaired) electrons. The number of pyridine rings is 2. The van der Waals surface area contributed by atoms with Crippen LogP contribution in [-0.2, 0) is 10.0 Å². The third kappa shape index (κ3) is 6.58. The predicted octanol–water partition coefficient (Wildman–Crippen LogP) is 5.80. The average molecular weight is 566 g/mol. The van der Waals surface area contributed by atoms with E-state index in [1.807, 2.05) is 61.9 Å². The van der Waals surface area contributed by atoms with Crippen LogP contribution in [-0.4, -0.2) is 30.9 Å². The van der Waals surface area contributed by atoms with E-state index in [0.717, 1.165) is 28.3 Å². The molecule has 0 fully saturated rings. The third-order valence-electron chi connectivity index (χ3n) is 5.92. The largest absolute Gasteiger partial charge is 0.493 e. The highest BCUT2D eigenvalue weighted by Gasteiger charge is 2.25. The molecule has 0 bridgehead atoms. The van der Waals surface area contributed by atoms with E-state index in [1.54, 1.807) is 6.07 Å². The third-order valence-corrected chi connectivity index (χ3v) is 7.27. The number of sulfonamides is 1. The van der Waals surface area contributed by atoms with Gasteiger partial charge in [-0.25, -0.2) is 18.1 Å². The van der Waals surface area contributed by atoms with Crippen LogP contribution in [0.1, 0.15) is 43.7 Å². The Bertz CT molecular complexity index is 1720. The maximum Gasteiger partial charge on any atom is 0.270 e. The number of benzene rings is 2. The zero-order chi connectivity index (χ0) is 29.0. The normalized spacial score (nSPS) is 11.3. The van der Waals surface area contributed by atoms with Crippen LogP contribution in [0.25, 0.3) is 11.3 Å². The van der Waals surface area contributed by atoms with Gasteiger partial charge in [0, 0.05) is 14.6 Å². The number of aromatic nitrogens is 2. The number of nitrogens with one attached hydrogen (secondary N) is 2. The number of aromatic amines is 1. The number of rotatable bonds is 9. The van der Waals surface area contributed by atoms with Gasteiger partial charge in [-0.2, -0.15) is 0 Å². The molecule has 2 aromatic heterocycles. The van der Waals surface area contributed by atoms with Gasteiger partial charge in [0.25, 0.3) is 21.5 Å². The summed E-state index contributed by atoms with van der Waals surface area (Å²) in [5.41, 5.74) is 2.93. The highest BCUT2D eigenvalue weighted by molar-refractivity contribution is 7.90. The summed E-state index contributed by atoms with van der Waals surface area (Å²) in [6.07, 6.45) is 1.30. The maximum absolute atomic E-state index is 13.3. The minimum Gasteiger partial charge on any atom is -0.493 e. The summed E-state index contributed by atoms with van der Waals surface area (Å²) in [6, 6.07) is 16.8. The van der Waals surface area contributed by atoms with Crippen LogP contribution in [0.5, 0.6) is 17.4 Å². The van der Waals surface area contributed by atoms with Gasteiger partial charge in [-0.1, -0.05) is 43.7 Å². The molecule has 0 spiro atoms. The number of hydrogen-bond acceptors (Lipinski definition) is 7. The first-order valence-electron chi connectivity index (χ1n) is 12.7. The first-order chi connectivity index (χ1) is 18.9. The summed E-state index contributed by atoms with van der Waals surface area (Å²) in [5, 5.41) is 0. The Balaban J connectivity index is 0.00000308.